The smallest absolute Gasteiger partial charge is 0.0386 e. The third-order valence-corrected chi connectivity index (χ3v) is 1.82. The van der Waals surface area contributed by atoms with Gasteiger partial charge in [0, 0.05) is 0 Å². The summed E-state index contributed by atoms with van der Waals surface area (Å²) < 4.78 is 0. The minimum atomic E-state index is 1.09. The SMILES string of the molecule is [CH2]CCCC[CH]CCCC[CH2]. The van der Waals surface area contributed by atoms with Gasteiger partial charge in [0.15, 0.2) is 0 Å². The molecule has 0 unspecified atom stereocenters. The summed E-state index contributed by atoms with van der Waals surface area (Å²) in [4.78, 5) is 0. The standard InChI is InChI=1S/C11H21/c1-3-5-7-9-11-10-8-6-4-2/h11H,1-10H2. The van der Waals surface area contributed by atoms with Crippen molar-refractivity contribution < 1.29 is 0 Å². The molecule has 0 aliphatic carbocycles. The maximum absolute atomic E-state index is 3.81. The molecule has 0 saturated heterocycles. The van der Waals surface area contributed by atoms with E-state index in [1.807, 2.05) is 0 Å². The predicted octanol–water partition coefficient (Wildman–Crippen LogP) is 3.98. The highest BCUT2D eigenvalue weighted by Gasteiger charge is 1.89. The van der Waals surface area contributed by atoms with E-state index in [0.29, 0.717) is 0 Å². The van der Waals surface area contributed by atoms with Crippen LogP contribution in [-0.4, -0.2) is 0 Å². The molecule has 0 rings (SSSR count). The van der Waals surface area contributed by atoms with Gasteiger partial charge in [-0.1, -0.05) is 65.2 Å². The van der Waals surface area contributed by atoms with Crippen LogP contribution < -0.4 is 0 Å². The Morgan fingerprint density at radius 3 is 1.55 bits per heavy atom. The van der Waals surface area contributed by atoms with E-state index in [-0.39, 0.29) is 0 Å². The van der Waals surface area contributed by atoms with Gasteiger partial charge in [-0.25, -0.2) is 0 Å². The Labute approximate surface area is 72.4 Å². The summed E-state index contributed by atoms with van der Waals surface area (Å²) in [5, 5.41) is 0. The Morgan fingerprint density at radius 2 is 1.18 bits per heavy atom. The molecule has 0 heterocycles. The van der Waals surface area contributed by atoms with Crippen molar-refractivity contribution in [2.24, 2.45) is 0 Å². The summed E-state index contributed by atoms with van der Waals surface area (Å²) in [6.07, 6.45) is 12.4. The van der Waals surface area contributed by atoms with Crippen LogP contribution in [0.15, 0.2) is 0 Å². The number of hydrogen-bond donors (Lipinski definition) is 0. The van der Waals surface area contributed by atoms with E-state index in [4.69, 9.17) is 0 Å². The average Bonchev–Trinajstić information content (AvgIpc) is 2.03. The summed E-state index contributed by atoms with van der Waals surface area (Å²) in [6.45, 7) is 7.62. The van der Waals surface area contributed by atoms with E-state index in [9.17, 15) is 0 Å². The van der Waals surface area contributed by atoms with Crippen LogP contribution in [-0.2, 0) is 0 Å². The minimum Gasteiger partial charge on any atom is -0.0533 e. The topological polar surface area (TPSA) is 0 Å². The monoisotopic (exact) mass is 153 g/mol. The lowest BCUT2D eigenvalue weighted by atomic mass is 10.1. The van der Waals surface area contributed by atoms with Gasteiger partial charge in [-0.05, 0) is 6.42 Å². The van der Waals surface area contributed by atoms with Crippen LogP contribution in [0, 0.1) is 20.3 Å². The summed E-state index contributed by atoms with van der Waals surface area (Å²) in [5.74, 6) is 0. The predicted molar refractivity (Wildman–Crippen MR) is 52.0 cm³/mol. The largest absolute Gasteiger partial charge is 0.0533 e. The molecule has 0 aromatic heterocycles. The lowest BCUT2D eigenvalue weighted by molar-refractivity contribution is 0.674. The zero-order chi connectivity index (χ0) is 8.36. The van der Waals surface area contributed by atoms with E-state index >= 15 is 0 Å². The van der Waals surface area contributed by atoms with Gasteiger partial charge >= 0.3 is 0 Å². The number of rotatable bonds is 8. The zero-order valence-corrected chi connectivity index (χ0v) is 7.65. The van der Waals surface area contributed by atoms with E-state index in [0.717, 1.165) is 12.8 Å². The highest BCUT2D eigenvalue weighted by Crippen LogP contribution is 2.07. The van der Waals surface area contributed by atoms with Crippen LogP contribution in [0.2, 0.25) is 0 Å². The van der Waals surface area contributed by atoms with Gasteiger partial charge in [-0.3, -0.25) is 0 Å². The second kappa shape index (κ2) is 10.0. The van der Waals surface area contributed by atoms with E-state index in [1.54, 1.807) is 0 Å². The zero-order valence-electron chi connectivity index (χ0n) is 7.65. The van der Waals surface area contributed by atoms with Crippen LogP contribution in [0.1, 0.15) is 51.4 Å². The van der Waals surface area contributed by atoms with Gasteiger partial charge in [0.25, 0.3) is 0 Å². The molecule has 0 bridgehead atoms. The number of hydrogen-bond acceptors (Lipinski definition) is 0. The second-order valence-corrected chi connectivity index (χ2v) is 2.99. The normalized spacial score (nSPS) is 10.4. The Hall–Kier alpha value is 0. The molecule has 0 aromatic carbocycles. The van der Waals surface area contributed by atoms with Crippen molar-refractivity contribution in [3.05, 3.63) is 20.3 Å². The van der Waals surface area contributed by atoms with Crippen LogP contribution in [0.3, 0.4) is 0 Å². The molecular weight excluding hydrogens is 132 g/mol. The summed E-state index contributed by atoms with van der Waals surface area (Å²) in [7, 11) is 0. The molecule has 0 amide bonds. The molecule has 0 nitrogen and oxygen atoms in total. The van der Waals surface area contributed by atoms with Crippen molar-refractivity contribution >= 4 is 0 Å². The second-order valence-electron chi connectivity index (χ2n) is 2.99. The molecule has 0 heteroatoms. The summed E-state index contributed by atoms with van der Waals surface area (Å²) in [5.41, 5.74) is 0. The molecule has 0 atom stereocenters. The van der Waals surface area contributed by atoms with Crippen molar-refractivity contribution in [3.8, 4) is 0 Å². The maximum atomic E-state index is 3.81. The molecule has 0 N–H and O–H groups in total. The molecule has 11 heavy (non-hydrogen) atoms. The molecule has 0 aliphatic heterocycles. The van der Waals surface area contributed by atoms with Gasteiger partial charge in [-0.2, -0.15) is 0 Å². The molecule has 65 valence electrons. The lowest BCUT2D eigenvalue weighted by Crippen LogP contribution is -1.80. The minimum absolute atomic E-state index is 1.09. The van der Waals surface area contributed by atoms with Crippen molar-refractivity contribution in [1.82, 2.24) is 0 Å². The first kappa shape index (κ1) is 11.0. The fourth-order valence-electron chi connectivity index (χ4n) is 1.08. The first-order chi connectivity index (χ1) is 5.41. The van der Waals surface area contributed by atoms with E-state index < -0.39 is 0 Å². The van der Waals surface area contributed by atoms with Gasteiger partial charge < -0.3 is 0 Å². The Kier molecular flexibility index (Phi) is 10.0. The van der Waals surface area contributed by atoms with Crippen molar-refractivity contribution in [1.29, 1.82) is 0 Å². The van der Waals surface area contributed by atoms with Gasteiger partial charge in [-0.15, -0.1) is 0 Å². The van der Waals surface area contributed by atoms with Crippen molar-refractivity contribution in [2.45, 2.75) is 51.4 Å². The maximum Gasteiger partial charge on any atom is -0.0386 e. The van der Waals surface area contributed by atoms with Crippen LogP contribution in [0.25, 0.3) is 0 Å². The van der Waals surface area contributed by atoms with Crippen LogP contribution >= 0.6 is 0 Å². The van der Waals surface area contributed by atoms with E-state index in [1.165, 1.54) is 38.5 Å². The van der Waals surface area contributed by atoms with Crippen LogP contribution in [0.5, 0.6) is 0 Å². The quantitative estimate of drug-likeness (QED) is 0.463. The molecular formula is C11H21. The van der Waals surface area contributed by atoms with Gasteiger partial charge in [0.2, 0.25) is 0 Å². The highest BCUT2D eigenvalue weighted by molar-refractivity contribution is 4.64. The lowest BCUT2D eigenvalue weighted by Gasteiger charge is -1.98. The molecule has 0 aromatic rings. The highest BCUT2D eigenvalue weighted by atomic mass is 13.9. The molecule has 0 fully saturated rings. The third kappa shape index (κ3) is 10.0. The van der Waals surface area contributed by atoms with Crippen LogP contribution in [0.4, 0.5) is 0 Å². The fourth-order valence-corrected chi connectivity index (χ4v) is 1.08. The van der Waals surface area contributed by atoms with E-state index in [2.05, 4.69) is 20.3 Å². The Balaban J connectivity index is 2.69. The van der Waals surface area contributed by atoms with Gasteiger partial charge in [0.1, 0.15) is 0 Å². The fraction of sp³-hybridized carbons (Fsp3) is 0.727. The summed E-state index contributed by atoms with van der Waals surface area (Å²) in [6, 6.07) is 0. The third-order valence-electron chi connectivity index (χ3n) is 1.82. The molecule has 0 aliphatic rings. The summed E-state index contributed by atoms with van der Waals surface area (Å²) >= 11 is 0. The first-order valence-electron chi connectivity index (χ1n) is 4.82. The Morgan fingerprint density at radius 1 is 0.727 bits per heavy atom. The number of unbranched alkanes of at least 4 members (excludes halogenated alkanes) is 8. The average molecular weight is 153 g/mol. The Bertz CT molecular complexity index is 49.1. The molecule has 0 saturated carbocycles. The first-order valence-corrected chi connectivity index (χ1v) is 4.82. The molecule has 0 spiro atoms. The van der Waals surface area contributed by atoms with Crippen molar-refractivity contribution in [2.75, 3.05) is 0 Å². The van der Waals surface area contributed by atoms with Crippen molar-refractivity contribution in [3.63, 3.8) is 0 Å². The molecule has 3 radical (unpaired) electrons. The van der Waals surface area contributed by atoms with Gasteiger partial charge in [0.05, 0.1) is 0 Å².